The molecule has 2 aliphatic carbocycles. The van der Waals surface area contributed by atoms with Crippen molar-refractivity contribution in [2.24, 2.45) is 17.6 Å². The third-order valence-corrected chi connectivity index (χ3v) is 13.5. The van der Waals surface area contributed by atoms with Crippen molar-refractivity contribution in [2.45, 2.75) is 160 Å². The van der Waals surface area contributed by atoms with Crippen LogP contribution < -0.4 is 20.5 Å². The number of fused-ring (bicyclic) bond motifs is 1. The number of unbranched alkanes of at least 4 members (excludes halogenated alkanes) is 6. The molecule has 14 nitrogen and oxygen atoms in total. The lowest BCUT2D eigenvalue weighted by Gasteiger charge is -2.23. The maximum Gasteiger partial charge on any atom is 0.408 e. The first-order valence-corrected chi connectivity index (χ1v) is 21.7. The van der Waals surface area contributed by atoms with Crippen LogP contribution in [0, 0.1) is 11.8 Å². The highest BCUT2D eigenvalue weighted by atomic mass is 32.2. The lowest BCUT2D eigenvalue weighted by Crippen LogP contribution is -2.48. The van der Waals surface area contributed by atoms with Crippen LogP contribution in [0.5, 0.6) is 6.01 Å². The van der Waals surface area contributed by atoms with Crippen LogP contribution in [0.1, 0.15) is 137 Å². The van der Waals surface area contributed by atoms with Gasteiger partial charge >= 0.3 is 6.09 Å². The number of ether oxygens (including phenoxy) is 2. The molecule has 1 saturated heterocycles. The van der Waals surface area contributed by atoms with E-state index in [-0.39, 0.29) is 37.4 Å². The van der Waals surface area contributed by atoms with Crippen LogP contribution in [0.4, 0.5) is 4.79 Å². The molecular weight excluding hydrogens is 725 g/mol. The minimum atomic E-state index is -3.62. The molecule has 3 fully saturated rings. The number of primary amides is 1. The molecular formula is C40H62N6O8S. The zero-order valence-corrected chi connectivity index (χ0v) is 34.3. The van der Waals surface area contributed by atoms with E-state index in [0.29, 0.717) is 31.2 Å². The number of nitrogens with one attached hydrogen (secondary N) is 2. The number of aromatic nitrogens is 2. The SMILES string of the molecule is CCC1CC1C(=O)NS(=O)(=O)C1(CCCCCCCCCc2cccc3c2nc(OC2CC(C(N)=O)N(C(=O)CNC(=O)OC(C)(C)C)C2)n3C(C)C)CC1. The number of rotatable bonds is 20. The quantitative estimate of drug-likeness (QED) is 0.142. The molecule has 2 aromatic rings. The van der Waals surface area contributed by atoms with Crippen molar-refractivity contribution in [3.63, 3.8) is 0 Å². The molecule has 1 aromatic heterocycles. The van der Waals surface area contributed by atoms with E-state index >= 15 is 0 Å². The molecule has 5 rings (SSSR count). The fourth-order valence-corrected chi connectivity index (χ4v) is 9.54. The lowest BCUT2D eigenvalue weighted by atomic mass is 10.0. The second-order valence-electron chi connectivity index (χ2n) is 17.1. The number of imidazole rings is 1. The molecule has 0 spiro atoms. The maximum absolute atomic E-state index is 13.1. The Balaban J connectivity index is 1.07. The summed E-state index contributed by atoms with van der Waals surface area (Å²) in [4.78, 5) is 56.2. The molecule has 0 radical (unpaired) electrons. The summed E-state index contributed by atoms with van der Waals surface area (Å²) in [6.07, 6.45) is 10.6. The summed E-state index contributed by atoms with van der Waals surface area (Å²) in [6.45, 7) is 11.1. The molecule has 2 saturated carbocycles. The summed E-state index contributed by atoms with van der Waals surface area (Å²) in [7, 11) is -3.62. The van der Waals surface area contributed by atoms with Gasteiger partial charge in [-0.05, 0) is 90.7 Å². The van der Waals surface area contributed by atoms with E-state index in [1.54, 1.807) is 20.8 Å². The summed E-state index contributed by atoms with van der Waals surface area (Å²) in [6, 6.07) is 5.73. The number of sulfonamides is 1. The molecule has 1 aliphatic heterocycles. The van der Waals surface area contributed by atoms with Crippen molar-refractivity contribution in [1.29, 1.82) is 0 Å². The van der Waals surface area contributed by atoms with Crippen LogP contribution in [0.2, 0.25) is 0 Å². The largest absolute Gasteiger partial charge is 0.459 e. The van der Waals surface area contributed by atoms with E-state index in [1.165, 1.54) is 4.90 Å². The highest BCUT2D eigenvalue weighted by molar-refractivity contribution is 7.91. The summed E-state index contributed by atoms with van der Waals surface area (Å²) in [5.41, 5.74) is 7.92. The Morgan fingerprint density at radius 2 is 1.69 bits per heavy atom. The van der Waals surface area contributed by atoms with Gasteiger partial charge in [-0.15, -0.1) is 0 Å². The highest BCUT2D eigenvalue weighted by Gasteiger charge is 2.55. The van der Waals surface area contributed by atoms with Gasteiger partial charge in [0.2, 0.25) is 27.7 Å². The molecule has 4 amide bonds. The van der Waals surface area contributed by atoms with Gasteiger partial charge in [-0.3, -0.25) is 23.7 Å². The minimum absolute atomic E-state index is 0.0318. The molecule has 15 heteroatoms. The molecule has 0 bridgehead atoms. The number of likely N-dealkylation sites (tertiary alicyclic amines) is 1. The van der Waals surface area contributed by atoms with Gasteiger partial charge in [0, 0.05) is 18.4 Å². The second-order valence-corrected chi connectivity index (χ2v) is 19.2. The average Bonchev–Trinajstić information content (AvgIpc) is 4.00. The lowest BCUT2D eigenvalue weighted by molar-refractivity contribution is -0.136. The smallest absolute Gasteiger partial charge is 0.408 e. The standard InChI is InChI=1S/C40H62N6O8S/c1-7-27-22-30(27)36(49)44-55(51,52)40(20-21-40)19-14-12-10-8-9-11-13-16-28-17-15-18-31-34(28)43-37(46(31)26(2)3)53-29-23-32(35(41)48)45(25-29)33(47)24-42-38(50)54-39(4,5)6/h15,17-18,26-27,29-30,32H,7-14,16,19-25H2,1-6H3,(H2,41,48)(H,42,50)(H,44,49). The van der Waals surface area contributed by atoms with Crippen molar-refractivity contribution in [3.05, 3.63) is 23.8 Å². The number of hydrogen-bond donors (Lipinski definition) is 3. The molecule has 4 atom stereocenters. The number of carbonyl (C=O) groups is 4. The fourth-order valence-electron chi connectivity index (χ4n) is 7.85. The predicted octanol–water partition coefficient (Wildman–Crippen LogP) is 5.66. The Labute approximate surface area is 326 Å². The maximum atomic E-state index is 13.1. The van der Waals surface area contributed by atoms with Gasteiger partial charge in [0.15, 0.2) is 0 Å². The third kappa shape index (κ3) is 10.7. The van der Waals surface area contributed by atoms with Crippen LogP contribution in [-0.2, 0) is 35.6 Å². The van der Waals surface area contributed by atoms with E-state index in [0.717, 1.165) is 80.8 Å². The Bertz CT molecular complexity index is 1810. The number of para-hydroxylation sites is 1. The Kier molecular flexibility index (Phi) is 13.5. The molecule has 3 aliphatic rings. The number of hydrogen-bond acceptors (Lipinski definition) is 9. The van der Waals surface area contributed by atoms with Crippen LogP contribution in [0.15, 0.2) is 18.2 Å². The molecule has 1 aromatic carbocycles. The van der Waals surface area contributed by atoms with Crippen molar-refractivity contribution in [1.82, 2.24) is 24.5 Å². The predicted molar refractivity (Wildman–Crippen MR) is 210 cm³/mol. The monoisotopic (exact) mass is 786 g/mol. The number of carbonyl (C=O) groups excluding carboxylic acids is 4. The number of nitrogens with two attached hydrogens (primary N) is 1. The Morgan fingerprint density at radius 3 is 2.29 bits per heavy atom. The van der Waals surface area contributed by atoms with Crippen molar-refractivity contribution < 1.29 is 37.1 Å². The normalized spacial score (nSPS) is 21.8. The summed E-state index contributed by atoms with van der Waals surface area (Å²) in [5.74, 6) is -1.22. The molecule has 4 N–H and O–H groups in total. The summed E-state index contributed by atoms with van der Waals surface area (Å²) < 4.78 is 41.3. The number of alkyl carbamates (subject to hydrolysis) is 1. The topological polar surface area (TPSA) is 192 Å². The first-order valence-electron chi connectivity index (χ1n) is 20.2. The zero-order chi connectivity index (χ0) is 40.1. The number of benzene rings is 1. The van der Waals surface area contributed by atoms with Crippen molar-refractivity contribution in [3.8, 4) is 6.01 Å². The van der Waals surface area contributed by atoms with E-state index < -0.39 is 50.4 Å². The van der Waals surface area contributed by atoms with Crippen molar-refractivity contribution in [2.75, 3.05) is 13.1 Å². The average molecular weight is 787 g/mol. The van der Waals surface area contributed by atoms with Gasteiger partial charge in [-0.2, -0.15) is 4.98 Å². The first-order chi connectivity index (χ1) is 25.9. The summed E-state index contributed by atoms with van der Waals surface area (Å²) in [5, 5.41) is 2.46. The van der Waals surface area contributed by atoms with Crippen LogP contribution in [0.25, 0.3) is 11.0 Å². The first kappa shape index (κ1) is 42.3. The third-order valence-electron chi connectivity index (χ3n) is 11.2. The van der Waals surface area contributed by atoms with Gasteiger partial charge < -0.3 is 25.4 Å². The number of aryl methyl sites for hydroxylation is 1. The van der Waals surface area contributed by atoms with Gasteiger partial charge in [0.25, 0.3) is 6.01 Å². The highest BCUT2D eigenvalue weighted by Crippen LogP contribution is 2.48. The zero-order valence-electron chi connectivity index (χ0n) is 33.5. The van der Waals surface area contributed by atoms with Gasteiger partial charge in [0.1, 0.15) is 24.3 Å². The molecule has 55 heavy (non-hydrogen) atoms. The molecule has 306 valence electrons. The van der Waals surface area contributed by atoms with Crippen molar-refractivity contribution >= 4 is 44.9 Å². The summed E-state index contributed by atoms with van der Waals surface area (Å²) >= 11 is 0. The minimum Gasteiger partial charge on any atom is -0.459 e. The molecule has 4 unspecified atom stereocenters. The number of nitrogens with zero attached hydrogens (tertiary/aromatic N) is 3. The van der Waals surface area contributed by atoms with Crippen LogP contribution >= 0.6 is 0 Å². The van der Waals surface area contributed by atoms with Crippen LogP contribution in [-0.4, -0.2) is 82.3 Å². The van der Waals surface area contributed by atoms with E-state index in [2.05, 4.69) is 30.0 Å². The van der Waals surface area contributed by atoms with E-state index in [4.69, 9.17) is 20.2 Å². The second kappa shape index (κ2) is 17.5. The van der Waals surface area contributed by atoms with Crippen LogP contribution in [0.3, 0.4) is 0 Å². The molecule has 2 heterocycles. The van der Waals surface area contributed by atoms with E-state index in [9.17, 15) is 27.6 Å². The Morgan fingerprint density at radius 1 is 1.02 bits per heavy atom. The van der Waals surface area contributed by atoms with Gasteiger partial charge in [-0.1, -0.05) is 64.0 Å². The van der Waals surface area contributed by atoms with Gasteiger partial charge in [-0.25, -0.2) is 13.2 Å². The number of amides is 4. The fraction of sp³-hybridized carbons (Fsp3) is 0.725. The Hall–Kier alpha value is -3.88. The van der Waals surface area contributed by atoms with Gasteiger partial charge in [0.05, 0.1) is 22.3 Å². The van der Waals surface area contributed by atoms with E-state index in [1.807, 2.05) is 23.6 Å².